The molecule has 1 unspecified atom stereocenters. The van der Waals surface area contributed by atoms with Crippen molar-refractivity contribution in [2.75, 3.05) is 19.6 Å². The Morgan fingerprint density at radius 2 is 2.14 bits per heavy atom. The fraction of sp³-hybridized carbons (Fsp3) is 0.375. The van der Waals surface area contributed by atoms with Gasteiger partial charge in [-0.2, -0.15) is 0 Å². The zero-order valence-electron chi connectivity index (χ0n) is 12.3. The van der Waals surface area contributed by atoms with E-state index >= 15 is 0 Å². The molecule has 3 rings (SSSR count). The Morgan fingerprint density at radius 3 is 2.86 bits per heavy atom. The quantitative estimate of drug-likeness (QED) is 0.918. The Morgan fingerprint density at radius 1 is 1.38 bits per heavy atom. The zero-order chi connectivity index (χ0) is 14.8. The van der Waals surface area contributed by atoms with Crippen molar-refractivity contribution in [1.29, 1.82) is 0 Å². The molecule has 21 heavy (non-hydrogen) atoms. The van der Waals surface area contributed by atoms with E-state index in [4.69, 9.17) is 4.42 Å². The smallest absolute Gasteiger partial charge is 0.291 e. The van der Waals surface area contributed by atoms with Crippen LogP contribution in [0.15, 0.2) is 34.7 Å². The maximum Gasteiger partial charge on any atom is 0.291 e. The summed E-state index contributed by atoms with van der Waals surface area (Å²) in [5.74, 6) is 0.776. The number of oxazole rings is 1. The molecule has 110 valence electrons. The van der Waals surface area contributed by atoms with Crippen molar-refractivity contribution < 1.29 is 9.21 Å². The molecular formula is C16H19N3O2. The minimum absolute atomic E-state index is 0.0730. The molecule has 0 spiro atoms. The number of piperazine rings is 1. The Kier molecular flexibility index (Phi) is 3.75. The number of nitrogens with one attached hydrogen (secondary N) is 1. The molecule has 1 fully saturated rings. The number of carbonyl (C=O) groups is 1. The Balaban J connectivity index is 1.89. The third-order valence-electron chi connectivity index (χ3n) is 3.77. The molecule has 1 amide bonds. The number of hydrogen-bond acceptors (Lipinski definition) is 4. The lowest BCUT2D eigenvalue weighted by Crippen LogP contribution is -2.52. The Labute approximate surface area is 124 Å². The zero-order valence-corrected chi connectivity index (χ0v) is 12.3. The molecule has 1 atom stereocenters. The van der Waals surface area contributed by atoms with E-state index in [0.717, 1.165) is 18.7 Å². The second kappa shape index (κ2) is 5.69. The molecular weight excluding hydrogens is 266 g/mol. The topological polar surface area (TPSA) is 58.4 Å². The van der Waals surface area contributed by atoms with Gasteiger partial charge in [0.25, 0.3) is 5.91 Å². The monoisotopic (exact) mass is 285 g/mol. The van der Waals surface area contributed by atoms with Gasteiger partial charge in [0.15, 0.2) is 0 Å². The van der Waals surface area contributed by atoms with Gasteiger partial charge in [-0.3, -0.25) is 4.79 Å². The van der Waals surface area contributed by atoms with Gasteiger partial charge in [-0.1, -0.05) is 18.2 Å². The van der Waals surface area contributed by atoms with Gasteiger partial charge in [-0.25, -0.2) is 4.98 Å². The van der Waals surface area contributed by atoms with Crippen LogP contribution in [0.4, 0.5) is 0 Å². The van der Waals surface area contributed by atoms with E-state index in [0.29, 0.717) is 23.9 Å². The maximum atomic E-state index is 12.6. The second-order valence-electron chi connectivity index (χ2n) is 5.35. The van der Waals surface area contributed by atoms with Crippen molar-refractivity contribution in [1.82, 2.24) is 15.2 Å². The predicted octanol–water partition coefficient (Wildman–Crippen LogP) is 2.08. The van der Waals surface area contributed by atoms with E-state index in [2.05, 4.69) is 10.3 Å². The van der Waals surface area contributed by atoms with E-state index in [-0.39, 0.29) is 11.9 Å². The van der Waals surface area contributed by atoms with Crippen molar-refractivity contribution >= 4 is 5.91 Å². The molecule has 0 saturated carbocycles. The predicted molar refractivity (Wildman–Crippen MR) is 80.0 cm³/mol. The summed E-state index contributed by atoms with van der Waals surface area (Å²) in [6, 6.07) is 9.80. The van der Waals surface area contributed by atoms with E-state index in [1.807, 2.05) is 49.1 Å². The van der Waals surface area contributed by atoms with Gasteiger partial charge in [-0.15, -0.1) is 0 Å². The molecule has 1 aromatic carbocycles. The lowest BCUT2D eigenvalue weighted by molar-refractivity contribution is 0.0623. The van der Waals surface area contributed by atoms with E-state index < -0.39 is 0 Å². The van der Waals surface area contributed by atoms with Crippen LogP contribution in [-0.2, 0) is 0 Å². The lowest BCUT2D eigenvalue weighted by Gasteiger charge is -2.33. The van der Waals surface area contributed by atoms with Crippen molar-refractivity contribution in [3.8, 4) is 11.5 Å². The molecule has 0 aliphatic carbocycles. The summed E-state index contributed by atoms with van der Waals surface area (Å²) >= 11 is 0. The van der Waals surface area contributed by atoms with Gasteiger partial charge in [0.2, 0.25) is 11.7 Å². The van der Waals surface area contributed by atoms with Crippen molar-refractivity contribution in [3.63, 3.8) is 0 Å². The van der Waals surface area contributed by atoms with Gasteiger partial charge in [-0.05, 0) is 26.0 Å². The van der Waals surface area contributed by atoms with Gasteiger partial charge in [0.1, 0.15) is 0 Å². The first-order valence-electron chi connectivity index (χ1n) is 7.21. The number of rotatable bonds is 2. The van der Waals surface area contributed by atoms with Crippen LogP contribution in [0.1, 0.15) is 23.2 Å². The lowest BCUT2D eigenvalue weighted by atomic mass is 10.2. The summed E-state index contributed by atoms with van der Waals surface area (Å²) < 4.78 is 5.74. The van der Waals surface area contributed by atoms with Gasteiger partial charge in [0, 0.05) is 31.2 Å². The van der Waals surface area contributed by atoms with Crippen LogP contribution in [-0.4, -0.2) is 41.5 Å². The summed E-state index contributed by atoms with van der Waals surface area (Å²) in [4.78, 5) is 18.9. The maximum absolute atomic E-state index is 12.6. The normalized spacial score (nSPS) is 18.8. The first-order chi connectivity index (χ1) is 10.2. The highest BCUT2D eigenvalue weighted by molar-refractivity contribution is 5.93. The molecule has 1 aliphatic heterocycles. The van der Waals surface area contributed by atoms with Crippen molar-refractivity contribution in [2.45, 2.75) is 19.9 Å². The van der Waals surface area contributed by atoms with Crippen LogP contribution in [0, 0.1) is 6.92 Å². The highest BCUT2D eigenvalue weighted by Gasteiger charge is 2.28. The summed E-state index contributed by atoms with van der Waals surface area (Å²) in [5, 5.41) is 3.28. The summed E-state index contributed by atoms with van der Waals surface area (Å²) in [5.41, 5.74) is 1.53. The highest BCUT2D eigenvalue weighted by Crippen LogP contribution is 2.23. The minimum atomic E-state index is -0.0730. The third-order valence-corrected chi connectivity index (χ3v) is 3.77. The molecule has 0 radical (unpaired) electrons. The van der Waals surface area contributed by atoms with Crippen LogP contribution in [0.2, 0.25) is 0 Å². The average molecular weight is 285 g/mol. The molecule has 2 aromatic rings. The molecule has 1 N–H and O–H groups in total. The average Bonchev–Trinajstić information content (AvgIpc) is 2.90. The van der Waals surface area contributed by atoms with Gasteiger partial charge < -0.3 is 14.6 Å². The summed E-state index contributed by atoms with van der Waals surface area (Å²) in [7, 11) is 0. The van der Waals surface area contributed by atoms with Crippen molar-refractivity contribution in [3.05, 3.63) is 41.8 Å². The second-order valence-corrected chi connectivity index (χ2v) is 5.35. The third kappa shape index (κ3) is 2.69. The number of carbonyl (C=O) groups excluding carboxylic acids is 1. The number of benzene rings is 1. The first-order valence-corrected chi connectivity index (χ1v) is 7.21. The number of amides is 1. The molecule has 2 heterocycles. The standard InChI is InChI=1S/C16H19N3O2/c1-11-10-17-8-9-19(11)16(20)14-12(2)18-15(21-14)13-6-4-3-5-7-13/h3-7,11,17H,8-10H2,1-2H3. The fourth-order valence-electron chi connectivity index (χ4n) is 2.57. The highest BCUT2D eigenvalue weighted by atomic mass is 16.4. The Bertz CT molecular complexity index is 636. The van der Waals surface area contributed by atoms with Crippen LogP contribution in [0.3, 0.4) is 0 Å². The van der Waals surface area contributed by atoms with E-state index in [9.17, 15) is 4.79 Å². The molecule has 5 nitrogen and oxygen atoms in total. The van der Waals surface area contributed by atoms with Crippen LogP contribution in [0.5, 0.6) is 0 Å². The molecule has 0 bridgehead atoms. The molecule has 1 aliphatic rings. The molecule has 5 heteroatoms. The SMILES string of the molecule is Cc1nc(-c2ccccc2)oc1C(=O)N1CCNCC1C. The van der Waals surface area contributed by atoms with Gasteiger partial charge in [0.05, 0.1) is 5.69 Å². The molecule has 1 aromatic heterocycles. The van der Waals surface area contributed by atoms with E-state index in [1.165, 1.54) is 0 Å². The summed E-state index contributed by atoms with van der Waals surface area (Å²) in [6.07, 6.45) is 0. The van der Waals surface area contributed by atoms with Crippen molar-refractivity contribution in [2.24, 2.45) is 0 Å². The number of aromatic nitrogens is 1. The fourth-order valence-corrected chi connectivity index (χ4v) is 2.57. The van der Waals surface area contributed by atoms with Crippen LogP contribution >= 0.6 is 0 Å². The largest absolute Gasteiger partial charge is 0.431 e. The number of aryl methyl sites for hydroxylation is 1. The minimum Gasteiger partial charge on any atom is -0.431 e. The summed E-state index contributed by atoms with van der Waals surface area (Å²) in [6.45, 7) is 6.17. The number of hydrogen-bond donors (Lipinski definition) is 1. The van der Waals surface area contributed by atoms with Crippen LogP contribution < -0.4 is 5.32 Å². The van der Waals surface area contributed by atoms with Crippen LogP contribution in [0.25, 0.3) is 11.5 Å². The Hall–Kier alpha value is -2.14. The number of nitrogens with zero attached hydrogens (tertiary/aromatic N) is 2. The van der Waals surface area contributed by atoms with E-state index in [1.54, 1.807) is 0 Å². The van der Waals surface area contributed by atoms with Gasteiger partial charge >= 0.3 is 0 Å². The molecule has 1 saturated heterocycles. The first kappa shape index (κ1) is 13.8.